The summed E-state index contributed by atoms with van der Waals surface area (Å²) in [6, 6.07) is 3.78. The van der Waals surface area contributed by atoms with E-state index in [1.807, 2.05) is 36.3 Å². The van der Waals surface area contributed by atoms with Crippen molar-refractivity contribution < 1.29 is 0 Å². The summed E-state index contributed by atoms with van der Waals surface area (Å²) in [7, 11) is 2.05. The van der Waals surface area contributed by atoms with Gasteiger partial charge in [-0.3, -0.25) is 9.58 Å². The highest BCUT2D eigenvalue weighted by atomic mass is 15.3. The summed E-state index contributed by atoms with van der Waals surface area (Å²) >= 11 is 0. The van der Waals surface area contributed by atoms with Crippen LogP contribution in [0.3, 0.4) is 0 Å². The van der Waals surface area contributed by atoms with Crippen molar-refractivity contribution >= 4 is 5.78 Å². The van der Waals surface area contributed by atoms with Crippen molar-refractivity contribution in [3.05, 3.63) is 54.4 Å². The van der Waals surface area contributed by atoms with E-state index in [1.54, 1.807) is 16.9 Å². The molecule has 0 bridgehead atoms. The lowest BCUT2D eigenvalue weighted by atomic mass is 9.96. The van der Waals surface area contributed by atoms with E-state index in [-0.39, 0.29) is 0 Å². The number of piperidine rings is 1. The average molecular weight is 378 g/mol. The Morgan fingerprint density at radius 1 is 1.04 bits per heavy atom. The van der Waals surface area contributed by atoms with Crippen LogP contribution in [0.2, 0.25) is 0 Å². The Morgan fingerprint density at radius 2 is 1.89 bits per heavy atom. The number of aromatic nitrogens is 9. The summed E-state index contributed by atoms with van der Waals surface area (Å²) in [5, 5.41) is 17.6. The van der Waals surface area contributed by atoms with Gasteiger partial charge in [-0.1, -0.05) is 0 Å². The predicted octanol–water partition coefficient (Wildman–Crippen LogP) is 0.877. The first-order valence-corrected chi connectivity index (χ1v) is 9.50. The molecule has 10 nitrogen and oxygen atoms in total. The molecule has 1 saturated heterocycles. The van der Waals surface area contributed by atoms with E-state index in [4.69, 9.17) is 0 Å². The van der Waals surface area contributed by atoms with Crippen LogP contribution in [0.5, 0.6) is 0 Å². The molecule has 0 aromatic carbocycles. The largest absolute Gasteiger partial charge is 0.316 e. The van der Waals surface area contributed by atoms with Gasteiger partial charge in [-0.25, -0.2) is 9.50 Å². The Morgan fingerprint density at radius 3 is 2.68 bits per heavy atom. The van der Waals surface area contributed by atoms with Crippen LogP contribution in [0.1, 0.15) is 36.2 Å². The van der Waals surface area contributed by atoms with Crippen molar-refractivity contribution in [2.75, 3.05) is 13.1 Å². The molecule has 0 saturated carbocycles. The maximum atomic E-state index is 4.50. The molecule has 10 heteroatoms. The van der Waals surface area contributed by atoms with Crippen LogP contribution in [0.15, 0.2) is 36.9 Å². The fourth-order valence-corrected chi connectivity index (χ4v) is 3.80. The first-order valence-electron chi connectivity index (χ1n) is 9.50. The third-order valence-electron chi connectivity index (χ3n) is 5.34. The Kier molecular flexibility index (Phi) is 4.32. The summed E-state index contributed by atoms with van der Waals surface area (Å²) in [6.07, 6.45) is 9.44. The minimum atomic E-state index is 0.427. The van der Waals surface area contributed by atoms with E-state index in [1.165, 1.54) is 0 Å². The SMILES string of the molecule is Cn1c(Cn2cccn2)nnc1C1CCN(Cc2nc3ncccn3n2)CC1. The monoisotopic (exact) mass is 378 g/mol. The summed E-state index contributed by atoms with van der Waals surface area (Å²) in [4.78, 5) is 11.1. The van der Waals surface area contributed by atoms with E-state index in [2.05, 4.69) is 39.8 Å². The molecule has 0 atom stereocenters. The fraction of sp³-hybridized carbons (Fsp3) is 0.444. The zero-order valence-electron chi connectivity index (χ0n) is 15.8. The van der Waals surface area contributed by atoms with E-state index in [9.17, 15) is 0 Å². The molecule has 5 heterocycles. The molecule has 0 N–H and O–H groups in total. The van der Waals surface area contributed by atoms with Gasteiger partial charge in [0.2, 0.25) is 0 Å². The summed E-state index contributed by atoms with van der Waals surface area (Å²) in [5.74, 6) is 3.89. The molecule has 0 amide bonds. The molecule has 1 fully saturated rings. The number of nitrogens with zero attached hydrogens (tertiary/aromatic N) is 10. The molecule has 5 rings (SSSR count). The fourth-order valence-electron chi connectivity index (χ4n) is 3.80. The molecular weight excluding hydrogens is 356 g/mol. The molecule has 1 aliphatic heterocycles. The van der Waals surface area contributed by atoms with Gasteiger partial charge in [0.15, 0.2) is 11.6 Å². The van der Waals surface area contributed by atoms with Crippen molar-refractivity contribution in [2.45, 2.75) is 31.8 Å². The van der Waals surface area contributed by atoms with Crippen molar-refractivity contribution in [2.24, 2.45) is 7.05 Å². The van der Waals surface area contributed by atoms with E-state index in [0.29, 0.717) is 18.2 Å². The number of hydrogen-bond acceptors (Lipinski definition) is 7. The first kappa shape index (κ1) is 17.0. The molecule has 144 valence electrons. The Labute approximate surface area is 161 Å². The topological polar surface area (TPSA) is 94.8 Å². The molecule has 28 heavy (non-hydrogen) atoms. The highest BCUT2D eigenvalue weighted by Gasteiger charge is 2.26. The zero-order valence-corrected chi connectivity index (χ0v) is 15.8. The van der Waals surface area contributed by atoms with Gasteiger partial charge in [-0.15, -0.1) is 15.3 Å². The maximum Gasteiger partial charge on any atom is 0.252 e. The normalized spacial score (nSPS) is 16.2. The molecular formula is C18H22N10. The van der Waals surface area contributed by atoms with E-state index >= 15 is 0 Å². The van der Waals surface area contributed by atoms with Gasteiger partial charge in [0.1, 0.15) is 12.4 Å². The zero-order chi connectivity index (χ0) is 18.9. The van der Waals surface area contributed by atoms with Crippen LogP contribution in [0, 0.1) is 0 Å². The summed E-state index contributed by atoms with van der Waals surface area (Å²) < 4.78 is 5.72. The third-order valence-corrected chi connectivity index (χ3v) is 5.34. The third kappa shape index (κ3) is 3.26. The number of likely N-dealkylation sites (tertiary alicyclic amines) is 1. The molecule has 4 aromatic heterocycles. The lowest BCUT2D eigenvalue weighted by molar-refractivity contribution is 0.196. The van der Waals surface area contributed by atoms with Crippen LogP contribution in [0.25, 0.3) is 5.78 Å². The van der Waals surface area contributed by atoms with Gasteiger partial charge >= 0.3 is 0 Å². The summed E-state index contributed by atoms with van der Waals surface area (Å²) in [5.41, 5.74) is 0. The molecule has 0 spiro atoms. The maximum absolute atomic E-state index is 4.50. The Balaban J connectivity index is 1.21. The van der Waals surface area contributed by atoms with Crippen LogP contribution in [-0.2, 0) is 20.1 Å². The van der Waals surface area contributed by atoms with Gasteiger partial charge < -0.3 is 4.57 Å². The Bertz CT molecular complexity index is 1020. The predicted molar refractivity (Wildman–Crippen MR) is 100 cm³/mol. The van der Waals surface area contributed by atoms with Crippen molar-refractivity contribution in [3.8, 4) is 0 Å². The second kappa shape index (κ2) is 7.12. The smallest absolute Gasteiger partial charge is 0.252 e. The molecule has 0 unspecified atom stereocenters. The average Bonchev–Trinajstić information content (AvgIpc) is 3.44. The van der Waals surface area contributed by atoms with E-state index in [0.717, 1.165) is 49.9 Å². The lowest BCUT2D eigenvalue weighted by Crippen LogP contribution is -2.33. The Hall–Kier alpha value is -3.14. The minimum absolute atomic E-state index is 0.427. The van der Waals surface area contributed by atoms with Gasteiger partial charge in [0.25, 0.3) is 5.78 Å². The lowest BCUT2D eigenvalue weighted by Gasteiger charge is -2.30. The molecule has 0 aliphatic carbocycles. The van der Waals surface area contributed by atoms with Gasteiger partial charge in [-0.2, -0.15) is 10.1 Å². The van der Waals surface area contributed by atoms with Crippen LogP contribution >= 0.6 is 0 Å². The van der Waals surface area contributed by atoms with Gasteiger partial charge in [-0.05, 0) is 38.1 Å². The first-order chi connectivity index (χ1) is 13.8. The highest BCUT2D eigenvalue weighted by molar-refractivity contribution is 5.24. The number of hydrogen-bond donors (Lipinski definition) is 0. The second-order valence-electron chi connectivity index (χ2n) is 7.18. The summed E-state index contributed by atoms with van der Waals surface area (Å²) in [6.45, 7) is 3.38. The molecule has 0 radical (unpaired) electrons. The van der Waals surface area contributed by atoms with Crippen LogP contribution in [-0.4, -0.2) is 62.1 Å². The second-order valence-corrected chi connectivity index (χ2v) is 7.18. The van der Waals surface area contributed by atoms with E-state index < -0.39 is 0 Å². The standard InChI is InChI=1S/C18H22N10/c1-25-16(13-27-8-3-7-20-27)22-23-17(25)14-4-10-26(11-5-14)12-15-21-18-19-6-2-9-28(18)24-15/h2-3,6-9,14H,4-5,10-13H2,1H3. The van der Waals surface area contributed by atoms with Gasteiger partial charge in [0.05, 0.1) is 6.54 Å². The van der Waals surface area contributed by atoms with Crippen LogP contribution < -0.4 is 0 Å². The van der Waals surface area contributed by atoms with Crippen molar-refractivity contribution in [1.82, 2.24) is 49.0 Å². The highest BCUT2D eigenvalue weighted by Crippen LogP contribution is 2.27. The van der Waals surface area contributed by atoms with Crippen molar-refractivity contribution in [1.29, 1.82) is 0 Å². The minimum Gasteiger partial charge on any atom is -0.316 e. The van der Waals surface area contributed by atoms with Gasteiger partial charge in [0, 0.05) is 37.8 Å². The number of rotatable bonds is 5. The van der Waals surface area contributed by atoms with Crippen molar-refractivity contribution in [3.63, 3.8) is 0 Å². The van der Waals surface area contributed by atoms with Crippen LogP contribution in [0.4, 0.5) is 0 Å². The number of fused-ring (bicyclic) bond motifs is 1. The molecule has 4 aromatic rings. The molecule has 1 aliphatic rings. The quantitative estimate of drug-likeness (QED) is 0.509.